The highest BCUT2D eigenvalue weighted by Crippen LogP contribution is 2.30. The standard InChI is InChI=1S/C24H32ClN3O3/c1-30-11-8-28(23(29)14-18-4-2-3-5-18)17-20-15-19-6-7-21(25)16-22(19)26-24(20)27-9-12-31-13-10-27/h6-7,15-16,18H,2-5,8-14,17H2,1H3. The molecule has 2 aromatic rings. The molecule has 168 valence electrons. The van der Waals surface area contributed by atoms with Gasteiger partial charge >= 0.3 is 0 Å². The van der Waals surface area contributed by atoms with Gasteiger partial charge in [-0.25, -0.2) is 4.98 Å². The van der Waals surface area contributed by atoms with Crippen molar-refractivity contribution < 1.29 is 14.3 Å². The zero-order chi connectivity index (χ0) is 21.6. The second-order valence-corrected chi connectivity index (χ2v) is 9.01. The van der Waals surface area contributed by atoms with E-state index >= 15 is 0 Å². The Morgan fingerprint density at radius 3 is 2.77 bits per heavy atom. The number of aromatic nitrogens is 1. The largest absolute Gasteiger partial charge is 0.383 e. The predicted molar refractivity (Wildman–Crippen MR) is 124 cm³/mol. The van der Waals surface area contributed by atoms with Crippen molar-refractivity contribution in [3.05, 3.63) is 34.9 Å². The highest BCUT2D eigenvalue weighted by Gasteiger charge is 2.24. The van der Waals surface area contributed by atoms with E-state index in [1.807, 2.05) is 23.1 Å². The number of methoxy groups -OCH3 is 1. The predicted octanol–water partition coefficient (Wildman–Crippen LogP) is 4.28. The number of benzene rings is 1. The van der Waals surface area contributed by atoms with E-state index in [1.54, 1.807) is 7.11 Å². The molecule has 2 heterocycles. The Morgan fingerprint density at radius 1 is 1.26 bits per heavy atom. The van der Waals surface area contributed by atoms with Crippen LogP contribution in [0.3, 0.4) is 0 Å². The minimum Gasteiger partial charge on any atom is -0.383 e. The van der Waals surface area contributed by atoms with Gasteiger partial charge in [0.05, 0.1) is 25.3 Å². The van der Waals surface area contributed by atoms with Gasteiger partial charge in [-0.15, -0.1) is 0 Å². The summed E-state index contributed by atoms with van der Waals surface area (Å²) in [5.41, 5.74) is 1.94. The second kappa shape index (κ2) is 10.6. The van der Waals surface area contributed by atoms with Crippen molar-refractivity contribution in [1.29, 1.82) is 0 Å². The fourth-order valence-electron chi connectivity index (χ4n) is 4.63. The number of anilines is 1. The van der Waals surface area contributed by atoms with Gasteiger partial charge in [0.1, 0.15) is 5.82 Å². The van der Waals surface area contributed by atoms with Crippen molar-refractivity contribution in [3.8, 4) is 0 Å². The summed E-state index contributed by atoms with van der Waals surface area (Å²) in [4.78, 5) is 22.4. The van der Waals surface area contributed by atoms with Crippen LogP contribution in [0.2, 0.25) is 5.02 Å². The highest BCUT2D eigenvalue weighted by atomic mass is 35.5. The third kappa shape index (κ3) is 5.68. The van der Waals surface area contributed by atoms with Crippen molar-refractivity contribution in [2.45, 2.75) is 38.6 Å². The molecule has 1 aromatic heterocycles. The first kappa shape index (κ1) is 22.3. The van der Waals surface area contributed by atoms with Gasteiger partial charge in [-0.1, -0.05) is 30.5 Å². The topological polar surface area (TPSA) is 54.9 Å². The van der Waals surface area contributed by atoms with Crippen molar-refractivity contribution >= 4 is 34.2 Å². The maximum atomic E-state index is 13.2. The number of rotatable bonds is 8. The number of halogens is 1. The first-order valence-corrected chi connectivity index (χ1v) is 11.7. The highest BCUT2D eigenvalue weighted by molar-refractivity contribution is 6.31. The minimum atomic E-state index is 0.216. The van der Waals surface area contributed by atoms with E-state index in [-0.39, 0.29) is 5.91 Å². The van der Waals surface area contributed by atoms with Crippen LogP contribution in [0, 0.1) is 5.92 Å². The number of hydrogen-bond acceptors (Lipinski definition) is 5. The van der Waals surface area contributed by atoms with E-state index in [2.05, 4.69) is 11.0 Å². The summed E-state index contributed by atoms with van der Waals surface area (Å²) < 4.78 is 10.9. The van der Waals surface area contributed by atoms with Crippen molar-refractivity contribution in [2.75, 3.05) is 51.5 Å². The van der Waals surface area contributed by atoms with Crippen LogP contribution in [0.25, 0.3) is 10.9 Å². The minimum absolute atomic E-state index is 0.216. The molecule has 1 saturated carbocycles. The fraction of sp³-hybridized carbons (Fsp3) is 0.583. The molecular formula is C24H32ClN3O3. The Labute approximate surface area is 189 Å². The van der Waals surface area contributed by atoms with E-state index in [0.29, 0.717) is 50.3 Å². The molecular weight excluding hydrogens is 414 g/mol. The van der Waals surface area contributed by atoms with E-state index in [0.717, 1.165) is 35.4 Å². The summed E-state index contributed by atoms with van der Waals surface area (Å²) in [6.07, 6.45) is 5.46. The van der Waals surface area contributed by atoms with Gasteiger partial charge in [-0.2, -0.15) is 0 Å². The lowest BCUT2D eigenvalue weighted by Gasteiger charge is -2.31. The van der Waals surface area contributed by atoms with Crippen molar-refractivity contribution in [1.82, 2.24) is 9.88 Å². The first-order valence-electron chi connectivity index (χ1n) is 11.3. The number of fused-ring (bicyclic) bond motifs is 1. The van der Waals surface area contributed by atoms with E-state index in [9.17, 15) is 4.79 Å². The van der Waals surface area contributed by atoms with Crippen LogP contribution in [0.15, 0.2) is 24.3 Å². The lowest BCUT2D eigenvalue weighted by molar-refractivity contribution is -0.133. The Morgan fingerprint density at radius 2 is 2.03 bits per heavy atom. The second-order valence-electron chi connectivity index (χ2n) is 8.57. The van der Waals surface area contributed by atoms with Gasteiger partial charge in [0.2, 0.25) is 5.91 Å². The molecule has 1 aromatic carbocycles. The van der Waals surface area contributed by atoms with Crippen LogP contribution in [0.4, 0.5) is 5.82 Å². The van der Waals surface area contributed by atoms with Gasteiger partial charge < -0.3 is 19.3 Å². The average molecular weight is 446 g/mol. The van der Waals surface area contributed by atoms with Gasteiger partial charge in [0.25, 0.3) is 0 Å². The van der Waals surface area contributed by atoms with Crippen LogP contribution in [0.5, 0.6) is 0 Å². The smallest absolute Gasteiger partial charge is 0.223 e. The van der Waals surface area contributed by atoms with Gasteiger partial charge in [0, 0.05) is 55.7 Å². The zero-order valence-electron chi connectivity index (χ0n) is 18.3. The quantitative estimate of drug-likeness (QED) is 0.607. The SMILES string of the molecule is COCCN(Cc1cc2ccc(Cl)cc2nc1N1CCOCC1)C(=O)CC1CCCC1. The summed E-state index contributed by atoms with van der Waals surface area (Å²) in [5, 5.41) is 1.71. The van der Waals surface area contributed by atoms with Gasteiger partial charge in [-0.3, -0.25) is 4.79 Å². The maximum absolute atomic E-state index is 13.2. The molecule has 31 heavy (non-hydrogen) atoms. The summed E-state index contributed by atoms with van der Waals surface area (Å²) in [6.45, 7) is 4.60. The Kier molecular flexibility index (Phi) is 7.64. The molecule has 0 unspecified atom stereocenters. The number of morpholine rings is 1. The number of hydrogen-bond donors (Lipinski definition) is 0. The lowest BCUT2D eigenvalue weighted by Crippen LogP contribution is -2.39. The third-order valence-corrected chi connectivity index (χ3v) is 6.60. The molecule has 6 nitrogen and oxygen atoms in total. The average Bonchev–Trinajstić information content (AvgIpc) is 3.29. The number of carbonyl (C=O) groups excluding carboxylic acids is 1. The zero-order valence-corrected chi connectivity index (χ0v) is 19.1. The van der Waals surface area contributed by atoms with Gasteiger partial charge in [0.15, 0.2) is 0 Å². The molecule has 4 rings (SSSR count). The normalized spacial score (nSPS) is 17.4. The van der Waals surface area contributed by atoms with E-state index < -0.39 is 0 Å². The summed E-state index contributed by atoms with van der Waals surface area (Å²) >= 11 is 6.22. The lowest BCUT2D eigenvalue weighted by atomic mass is 10.0. The van der Waals surface area contributed by atoms with Crippen molar-refractivity contribution in [3.63, 3.8) is 0 Å². The molecule has 0 atom stereocenters. The molecule has 0 N–H and O–H groups in total. The summed E-state index contributed by atoms with van der Waals surface area (Å²) in [6, 6.07) is 7.94. The molecule has 1 aliphatic carbocycles. The molecule has 1 saturated heterocycles. The Balaban J connectivity index is 1.63. The number of pyridine rings is 1. The summed E-state index contributed by atoms with van der Waals surface area (Å²) in [7, 11) is 1.68. The third-order valence-electron chi connectivity index (χ3n) is 6.36. The number of nitrogens with zero attached hydrogens (tertiary/aromatic N) is 3. The molecule has 7 heteroatoms. The summed E-state index contributed by atoms with van der Waals surface area (Å²) in [5.74, 6) is 1.66. The molecule has 0 spiro atoms. The first-order chi connectivity index (χ1) is 15.1. The van der Waals surface area contributed by atoms with Crippen LogP contribution < -0.4 is 4.90 Å². The van der Waals surface area contributed by atoms with E-state index in [4.69, 9.17) is 26.1 Å². The number of amides is 1. The molecule has 1 aliphatic heterocycles. The van der Waals surface area contributed by atoms with Crippen LogP contribution in [-0.2, 0) is 20.8 Å². The number of carbonyl (C=O) groups is 1. The maximum Gasteiger partial charge on any atom is 0.223 e. The van der Waals surface area contributed by atoms with Crippen LogP contribution >= 0.6 is 11.6 Å². The van der Waals surface area contributed by atoms with E-state index in [1.165, 1.54) is 25.7 Å². The van der Waals surface area contributed by atoms with Crippen LogP contribution in [-0.4, -0.2) is 62.4 Å². The molecule has 2 fully saturated rings. The Hall–Kier alpha value is -1.89. The molecule has 2 aliphatic rings. The van der Waals surface area contributed by atoms with Crippen molar-refractivity contribution in [2.24, 2.45) is 5.92 Å². The molecule has 0 bridgehead atoms. The molecule has 1 amide bonds. The molecule has 0 radical (unpaired) electrons. The van der Waals surface area contributed by atoms with Crippen LogP contribution in [0.1, 0.15) is 37.7 Å². The monoisotopic (exact) mass is 445 g/mol. The fourth-order valence-corrected chi connectivity index (χ4v) is 4.80. The Bertz CT molecular complexity index is 895. The number of ether oxygens (including phenoxy) is 2. The van der Waals surface area contributed by atoms with Gasteiger partial charge in [-0.05, 0) is 37.0 Å².